The van der Waals surface area contributed by atoms with Crippen LogP contribution in [-0.2, 0) is 11.3 Å². The Morgan fingerprint density at radius 2 is 2.00 bits per heavy atom. The van der Waals surface area contributed by atoms with Crippen molar-refractivity contribution in [1.29, 1.82) is 0 Å². The van der Waals surface area contributed by atoms with Crippen LogP contribution >= 0.6 is 22.6 Å². The lowest BCUT2D eigenvalue weighted by Gasteiger charge is -2.02. The zero-order chi connectivity index (χ0) is 9.68. The van der Waals surface area contributed by atoms with Crippen molar-refractivity contribution in [3.8, 4) is 5.75 Å². The summed E-state index contributed by atoms with van der Waals surface area (Å²) < 4.78 is 0.468. The van der Waals surface area contributed by atoms with Crippen molar-refractivity contribution in [2.45, 2.75) is 6.54 Å². The first-order valence-electron chi connectivity index (χ1n) is 3.83. The van der Waals surface area contributed by atoms with Gasteiger partial charge in [0.1, 0.15) is 5.75 Å². The Balaban J connectivity index is 2.46. The van der Waals surface area contributed by atoms with Gasteiger partial charge in [-0.05, 0) is 17.7 Å². The molecule has 70 valence electrons. The number of rotatable bonds is 3. The Kier molecular flexibility index (Phi) is 4.01. The van der Waals surface area contributed by atoms with Crippen molar-refractivity contribution in [2.24, 2.45) is 0 Å². The van der Waals surface area contributed by atoms with Crippen molar-refractivity contribution < 1.29 is 9.90 Å². The Hall–Kier alpha value is -0.780. The molecule has 0 aliphatic rings. The molecule has 3 nitrogen and oxygen atoms in total. The topological polar surface area (TPSA) is 49.3 Å². The first kappa shape index (κ1) is 10.3. The summed E-state index contributed by atoms with van der Waals surface area (Å²) in [5.41, 5.74) is 0.982. The normalized spacial score (nSPS) is 9.62. The second kappa shape index (κ2) is 5.06. The molecule has 0 atom stereocenters. The number of alkyl halides is 1. The zero-order valence-electron chi connectivity index (χ0n) is 6.96. The summed E-state index contributed by atoms with van der Waals surface area (Å²) >= 11 is 2.01. The zero-order valence-corrected chi connectivity index (χ0v) is 9.11. The maximum Gasteiger partial charge on any atom is 0.230 e. The first-order valence-corrected chi connectivity index (χ1v) is 5.35. The molecule has 0 bridgehead atoms. The van der Waals surface area contributed by atoms with Gasteiger partial charge >= 0.3 is 0 Å². The number of carbonyl (C=O) groups excluding carboxylic acids is 1. The summed E-state index contributed by atoms with van der Waals surface area (Å²) in [7, 11) is 0. The lowest BCUT2D eigenvalue weighted by Crippen LogP contribution is -2.23. The second-order valence-corrected chi connectivity index (χ2v) is 3.34. The van der Waals surface area contributed by atoms with Crippen molar-refractivity contribution >= 4 is 28.5 Å². The number of phenolic OH excluding ortho intramolecular Hbond substituents is 1. The van der Waals surface area contributed by atoms with Crippen molar-refractivity contribution in [2.75, 3.05) is 4.43 Å². The standard InChI is InChI=1S/C9H10INO2/c10-5-9(13)11-6-7-1-3-8(12)4-2-7/h1-4,12H,5-6H2,(H,11,13). The van der Waals surface area contributed by atoms with Crippen LogP contribution in [0.5, 0.6) is 5.75 Å². The fourth-order valence-electron chi connectivity index (χ4n) is 0.862. The largest absolute Gasteiger partial charge is 0.508 e. The quantitative estimate of drug-likeness (QED) is 0.654. The number of phenols is 1. The summed E-state index contributed by atoms with van der Waals surface area (Å²) in [5, 5.41) is 11.7. The van der Waals surface area contributed by atoms with E-state index in [1.54, 1.807) is 24.3 Å². The van der Waals surface area contributed by atoms with Crippen LogP contribution in [0, 0.1) is 0 Å². The van der Waals surface area contributed by atoms with Crippen LogP contribution in [0.2, 0.25) is 0 Å². The molecule has 0 aliphatic carbocycles. The van der Waals surface area contributed by atoms with Crippen molar-refractivity contribution in [3.05, 3.63) is 29.8 Å². The number of hydrogen-bond donors (Lipinski definition) is 2. The summed E-state index contributed by atoms with van der Waals surface area (Å²) in [4.78, 5) is 10.9. The van der Waals surface area contributed by atoms with Crippen LogP contribution in [0.1, 0.15) is 5.56 Å². The van der Waals surface area contributed by atoms with Crippen molar-refractivity contribution in [1.82, 2.24) is 5.32 Å². The average molecular weight is 291 g/mol. The molecule has 0 aromatic heterocycles. The Morgan fingerprint density at radius 1 is 1.38 bits per heavy atom. The van der Waals surface area contributed by atoms with E-state index in [9.17, 15) is 4.79 Å². The molecule has 0 heterocycles. The summed E-state index contributed by atoms with van der Waals surface area (Å²) in [6.07, 6.45) is 0. The van der Waals surface area contributed by atoms with Gasteiger partial charge in [-0.3, -0.25) is 4.79 Å². The SMILES string of the molecule is O=C(CI)NCc1ccc(O)cc1. The third-order valence-corrected chi connectivity index (χ3v) is 2.24. The third-order valence-electron chi connectivity index (χ3n) is 1.55. The number of aromatic hydroxyl groups is 1. The van der Waals surface area contributed by atoms with Gasteiger partial charge in [0.25, 0.3) is 0 Å². The minimum absolute atomic E-state index is 0.0219. The summed E-state index contributed by atoms with van der Waals surface area (Å²) in [5.74, 6) is 0.262. The van der Waals surface area contributed by atoms with E-state index in [1.807, 2.05) is 22.6 Å². The van der Waals surface area contributed by atoms with Crippen LogP contribution in [0.15, 0.2) is 24.3 Å². The molecule has 0 spiro atoms. The smallest absolute Gasteiger partial charge is 0.230 e. The van der Waals surface area contributed by atoms with E-state index in [1.165, 1.54) is 0 Å². The highest BCUT2D eigenvalue weighted by Crippen LogP contribution is 2.08. The van der Waals surface area contributed by atoms with E-state index in [0.29, 0.717) is 11.0 Å². The summed E-state index contributed by atoms with van der Waals surface area (Å²) in [6.45, 7) is 0.516. The monoisotopic (exact) mass is 291 g/mol. The second-order valence-electron chi connectivity index (χ2n) is 2.58. The highest BCUT2D eigenvalue weighted by atomic mass is 127. The number of halogens is 1. The van der Waals surface area contributed by atoms with Gasteiger partial charge in [0.2, 0.25) is 5.91 Å². The molecule has 0 unspecified atom stereocenters. The molecular formula is C9H10INO2. The van der Waals surface area contributed by atoms with Gasteiger partial charge in [0.15, 0.2) is 0 Å². The summed E-state index contributed by atoms with van der Waals surface area (Å²) in [6, 6.07) is 6.77. The maximum atomic E-state index is 10.9. The van der Waals surface area contributed by atoms with E-state index in [4.69, 9.17) is 5.11 Å². The molecular weight excluding hydrogens is 281 g/mol. The highest BCUT2D eigenvalue weighted by molar-refractivity contribution is 14.1. The molecule has 0 saturated carbocycles. The number of amides is 1. The van der Waals surface area contributed by atoms with E-state index < -0.39 is 0 Å². The molecule has 0 radical (unpaired) electrons. The number of nitrogens with one attached hydrogen (secondary N) is 1. The van der Waals surface area contributed by atoms with Gasteiger partial charge < -0.3 is 10.4 Å². The van der Waals surface area contributed by atoms with Gasteiger partial charge in [0, 0.05) is 6.54 Å². The first-order chi connectivity index (χ1) is 6.22. The Labute approximate surface area is 90.3 Å². The number of benzene rings is 1. The molecule has 13 heavy (non-hydrogen) atoms. The van der Waals surface area contributed by atoms with Gasteiger partial charge in [-0.1, -0.05) is 34.7 Å². The third kappa shape index (κ3) is 3.63. The van der Waals surface area contributed by atoms with Gasteiger partial charge in [-0.15, -0.1) is 0 Å². The molecule has 1 aromatic carbocycles. The van der Waals surface area contributed by atoms with Crippen LogP contribution in [0.4, 0.5) is 0 Å². The van der Waals surface area contributed by atoms with E-state index in [0.717, 1.165) is 5.56 Å². The maximum absolute atomic E-state index is 10.9. The lowest BCUT2D eigenvalue weighted by molar-refractivity contribution is -0.118. The Morgan fingerprint density at radius 3 is 2.54 bits per heavy atom. The molecule has 1 aromatic rings. The predicted octanol–water partition coefficient (Wildman–Crippen LogP) is 1.44. The number of hydrogen-bond acceptors (Lipinski definition) is 2. The molecule has 4 heteroatoms. The molecule has 1 amide bonds. The van der Waals surface area contributed by atoms with Crippen LogP contribution in [0.25, 0.3) is 0 Å². The minimum Gasteiger partial charge on any atom is -0.508 e. The lowest BCUT2D eigenvalue weighted by atomic mass is 10.2. The number of carbonyl (C=O) groups is 1. The van der Waals surface area contributed by atoms with E-state index >= 15 is 0 Å². The predicted molar refractivity (Wildman–Crippen MR) is 58.8 cm³/mol. The van der Waals surface area contributed by atoms with Crippen LogP contribution in [-0.4, -0.2) is 15.4 Å². The molecule has 1 rings (SSSR count). The van der Waals surface area contributed by atoms with Gasteiger partial charge in [-0.25, -0.2) is 0 Å². The highest BCUT2D eigenvalue weighted by Gasteiger charge is 1.97. The van der Waals surface area contributed by atoms with Crippen LogP contribution < -0.4 is 5.32 Å². The van der Waals surface area contributed by atoms with Crippen LogP contribution in [0.3, 0.4) is 0 Å². The van der Waals surface area contributed by atoms with E-state index in [2.05, 4.69) is 5.32 Å². The minimum atomic E-state index is 0.0219. The molecule has 0 fully saturated rings. The van der Waals surface area contributed by atoms with Gasteiger partial charge in [0.05, 0.1) is 4.43 Å². The fraction of sp³-hybridized carbons (Fsp3) is 0.222. The van der Waals surface area contributed by atoms with E-state index in [-0.39, 0.29) is 11.7 Å². The fourth-order valence-corrected chi connectivity index (χ4v) is 1.13. The van der Waals surface area contributed by atoms with Crippen molar-refractivity contribution in [3.63, 3.8) is 0 Å². The molecule has 2 N–H and O–H groups in total. The molecule has 0 aliphatic heterocycles. The molecule has 0 saturated heterocycles. The Bertz CT molecular complexity index is 284. The average Bonchev–Trinajstić information content (AvgIpc) is 2.16. The van der Waals surface area contributed by atoms with Gasteiger partial charge in [-0.2, -0.15) is 0 Å².